The van der Waals surface area contributed by atoms with Crippen molar-refractivity contribution in [2.24, 2.45) is 0 Å². The van der Waals surface area contributed by atoms with Gasteiger partial charge >= 0.3 is 0 Å². The lowest BCUT2D eigenvalue weighted by Gasteiger charge is -2.04. The summed E-state index contributed by atoms with van der Waals surface area (Å²) in [6.45, 7) is 1.64. The van der Waals surface area contributed by atoms with E-state index in [4.69, 9.17) is 4.74 Å². The van der Waals surface area contributed by atoms with Gasteiger partial charge in [-0.3, -0.25) is 0 Å². The van der Waals surface area contributed by atoms with Crippen LogP contribution in [0.15, 0.2) is 41.8 Å². The number of aliphatic hydroxyl groups excluding tert-OH is 1. The van der Waals surface area contributed by atoms with E-state index >= 15 is 0 Å². The third-order valence-electron chi connectivity index (χ3n) is 1.78. The Hall–Kier alpha value is -1.50. The molecule has 1 aromatic rings. The molecule has 0 saturated heterocycles. The Kier molecular flexibility index (Phi) is 3.99. The maximum absolute atomic E-state index is 9.25. The van der Waals surface area contributed by atoms with E-state index in [2.05, 4.69) is 5.73 Å². The van der Waals surface area contributed by atoms with Crippen molar-refractivity contribution < 1.29 is 9.84 Å². The Morgan fingerprint density at radius 3 is 2.57 bits per heavy atom. The van der Waals surface area contributed by atoms with Crippen molar-refractivity contribution in [1.29, 1.82) is 0 Å². The molecule has 0 aromatic heterocycles. The number of benzene rings is 1. The van der Waals surface area contributed by atoms with Gasteiger partial charge in [-0.2, -0.15) is 0 Å². The van der Waals surface area contributed by atoms with Gasteiger partial charge in [-0.25, -0.2) is 0 Å². The standard InChI is InChI=1S/C12H14O2/c1-10(13)12(14-2)9-8-11-6-4-3-5-7-11/h3-8,10,13H,1-2H3. The number of ether oxygens (including phenoxy) is 1. The third-order valence-corrected chi connectivity index (χ3v) is 1.78. The van der Waals surface area contributed by atoms with Crippen molar-refractivity contribution in [2.75, 3.05) is 7.11 Å². The minimum atomic E-state index is -0.625. The Morgan fingerprint density at radius 1 is 1.43 bits per heavy atom. The van der Waals surface area contributed by atoms with E-state index in [-0.39, 0.29) is 0 Å². The second kappa shape index (κ2) is 5.28. The zero-order chi connectivity index (χ0) is 10.4. The van der Waals surface area contributed by atoms with Crippen molar-refractivity contribution in [3.63, 3.8) is 0 Å². The van der Waals surface area contributed by atoms with Gasteiger partial charge in [0.25, 0.3) is 0 Å². The van der Waals surface area contributed by atoms with Crippen LogP contribution in [-0.2, 0) is 4.74 Å². The van der Waals surface area contributed by atoms with E-state index < -0.39 is 6.10 Å². The smallest absolute Gasteiger partial charge is 0.166 e. The van der Waals surface area contributed by atoms with Gasteiger partial charge in [0, 0.05) is 0 Å². The van der Waals surface area contributed by atoms with Gasteiger partial charge in [0.15, 0.2) is 5.76 Å². The summed E-state index contributed by atoms with van der Waals surface area (Å²) < 4.78 is 4.96. The molecule has 1 rings (SSSR count). The first-order valence-electron chi connectivity index (χ1n) is 4.47. The second-order valence-corrected chi connectivity index (χ2v) is 2.94. The quantitative estimate of drug-likeness (QED) is 0.585. The molecule has 1 N–H and O–H groups in total. The maximum atomic E-state index is 9.25. The van der Waals surface area contributed by atoms with Crippen LogP contribution in [0.3, 0.4) is 0 Å². The molecule has 0 spiro atoms. The van der Waals surface area contributed by atoms with Crippen molar-refractivity contribution in [2.45, 2.75) is 13.0 Å². The van der Waals surface area contributed by atoms with Crippen LogP contribution in [0.5, 0.6) is 0 Å². The van der Waals surface area contributed by atoms with Crippen LogP contribution in [0, 0.1) is 0 Å². The van der Waals surface area contributed by atoms with Crippen LogP contribution >= 0.6 is 0 Å². The monoisotopic (exact) mass is 190 g/mol. The molecule has 2 nitrogen and oxygen atoms in total. The fourth-order valence-corrected chi connectivity index (χ4v) is 1.05. The van der Waals surface area contributed by atoms with Crippen LogP contribution in [0.1, 0.15) is 12.5 Å². The van der Waals surface area contributed by atoms with E-state index in [0.29, 0.717) is 5.76 Å². The minimum Gasteiger partial charge on any atom is -0.490 e. The molecule has 0 radical (unpaired) electrons. The highest BCUT2D eigenvalue weighted by molar-refractivity contribution is 5.48. The largest absolute Gasteiger partial charge is 0.490 e. The van der Waals surface area contributed by atoms with E-state index in [1.54, 1.807) is 13.0 Å². The predicted molar refractivity (Wildman–Crippen MR) is 56.6 cm³/mol. The highest BCUT2D eigenvalue weighted by Gasteiger charge is 2.01. The predicted octanol–water partition coefficient (Wildman–Crippen LogP) is 2.21. The third kappa shape index (κ3) is 3.09. The molecule has 0 aliphatic rings. The summed E-state index contributed by atoms with van der Waals surface area (Å²) in [6, 6.07) is 9.77. The van der Waals surface area contributed by atoms with Gasteiger partial charge < -0.3 is 9.84 Å². The van der Waals surface area contributed by atoms with Crippen molar-refractivity contribution >= 4 is 6.08 Å². The molecule has 1 atom stereocenters. The van der Waals surface area contributed by atoms with Gasteiger partial charge in [0.2, 0.25) is 0 Å². The summed E-state index contributed by atoms with van der Waals surface area (Å²) in [4.78, 5) is 0. The SMILES string of the molecule is COC(=C=Cc1ccccc1)C(C)O. The lowest BCUT2D eigenvalue weighted by Crippen LogP contribution is -2.04. The average molecular weight is 190 g/mol. The van der Waals surface area contributed by atoms with Gasteiger partial charge in [0.1, 0.15) is 6.10 Å². The molecule has 1 aromatic carbocycles. The molecule has 2 heteroatoms. The Morgan fingerprint density at radius 2 is 2.07 bits per heavy atom. The number of hydrogen-bond acceptors (Lipinski definition) is 2. The van der Waals surface area contributed by atoms with Crippen molar-refractivity contribution in [1.82, 2.24) is 0 Å². The van der Waals surface area contributed by atoms with Crippen LogP contribution < -0.4 is 0 Å². The fraction of sp³-hybridized carbons (Fsp3) is 0.250. The molecule has 74 valence electrons. The van der Waals surface area contributed by atoms with E-state index in [0.717, 1.165) is 5.56 Å². The lowest BCUT2D eigenvalue weighted by atomic mass is 10.2. The van der Waals surface area contributed by atoms with Crippen molar-refractivity contribution in [3.05, 3.63) is 47.4 Å². The highest BCUT2D eigenvalue weighted by atomic mass is 16.5. The van der Waals surface area contributed by atoms with Gasteiger partial charge in [-0.15, -0.1) is 0 Å². The summed E-state index contributed by atoms with van der Waals surface area (Å²) in [5.41, 5.74) is 3.93. The number of hydrogen-bond donors (Lipinski definition) is 1. The van der Waals surface area contributed by atoms with Crippen LogP contribution in [0.2, 0.25) is 0 Å². The van der Waals surface area contributed by atoms with Crippen molar-refractivity contribution in [3.8, 4) is 0 Å². The van der Waals surface area contributed by atoms with Gasteiger partial charge in [0.05, 0.1) is 7.11 Å². The molecule has 0 fully saturated rings. The summed E-state index contributed by atoms with van der Waals surface area (Å²) in [5.74, 6) is 0.439. The maximum Gasteiger partial charge on any atom is 0.166 e. The molecule has 0 aliphatic carbocycles. The molecular weight excluding hydrogens is 176 g/mol. The molecule has 0 heterocycles. The number of aliphatic hydroxyl groups is 1. The zero-order valence-corrected chi connectivity index (χ0v) is 8.40. The molecular formula is C12H14O2. The Balaban J connectivity index is 2.89. The second-order valence-electron chi connectivity index (χ2n) is 2.94. The summed E-state index contributed by atoms with van der Waals surface area (Å²) in [7, 11) is 1.52. The number of methoxy groups -OCH3 is 1. The normalized spacial score (nSPS) is 11.4. The topological polar surface area (TPSA) is 29.5 Å². The first-order chi connectivity index (χ1) is 6.74. The van der Waals surface area contributed by atoms with Gasteiger partial charge in [-0.1, -0.05) is 36.1 Å². The summed E-state index contributed by atoms with van der Waals surface area (Å²) >= 11 is 0. The fourth-order valence-electron chi connectivity index (χ4n) is 1.05. The van der Waals surface area contributed by atoms with Crippen LogP contribution in [0.25, 0.3) is 6.08 Å². The van der Waals surface area contributed by atoms with Gasteiger partial charge in [-0.05, 0) is 18.6 Å². The Labute approximate surface area is 84.1 Å². The lowest BCUT2D eigenvalue weighted by molar-refractivity contribution is 0.143. The van der Waals surface area contributed by atoms with Crippen LogP contribution in [0.4, 0.5) is 0 Å². The molecule has 14 heavy (non-hydrogen) atoms. The Bertz CT molecular complexity index is 333. The molecule has 1 unspecified atom stereocenters. The van der Waals surface area contributed by atoms with E-state index in [9.17, 15) is 5.11 Å². The van der Waals surface area contributed by atoms with E-state index in [1.165, 1.54) is 7.11 Å². The van der Waals surface area contributed by atoms with Crippen LogP contribution in [-0.4, -0.2) is 18.3 Å². The molecule has 0 bridgehead atoms. The zero-order valence-electron chi connectivity index (χ0n) is 8.40. The first-order valence-corrected chi connectivity index (χ1v) is 4.47. The summed E-state index contributed by atoms with van der Waals surface area (Å²) in [5, 5.41) is 9.25. The minimum absolute atomic E-state index is 0.439. The van der Waals surface area contributed by atoms with E-state index in [1.807, 2.05) is 30.3 Å². The highest BCUT2D eigenvalue weighted by Crippen LogP contribution is 2.04. The first kappa shape index (κ1) is 10.6. The molecule has 0 aliphatic heterocycles. The summed E-state index contributed by atoms with van der Waals surface area (Å²) in [6.07, 6.45) is 1.16. The number of rotatable bonds is 3. The molecule has 0 saturated carbocycles. The molecule has 0 amide bonds. The average Bonchev–Trinajstić information content (AvgIpc) is 2.20.